The predicted octanol–water partition coefficient (Wildman–Crippen LogP) is 1.97. The van der Waals surface area contributed by atoms with Crippen LogP contribution in [-0.4, -0.2) is 33.8 Å². The minimum Gasteiger partial charge on any atom is -0.282 e. The Bertz CT molecular complexity index is 1120. The molecule has 4 N–H and O–H groups in total. The van der Waals surface area contributed by atoms with E-state index in [1.807, 2.05) is 6.07 Å². The van der Waals surface area contributed by atoms with Gasteiger partial charge in [-0.15, -0.1) is 0 Å². The second kappa shape index (κ2) is 9.19. The van der Waals surface area contributed by atoms with Gasteiger partial charge in [-0.05, 0) is 48.6 Å². The molecule has 0 aliphatic rings. The topological polar surface area (TPSA) is 129 Å². The van der Waals surface area contributed by atoms with Gasteiger partial charge in [0, 0.05) is 18.0 Å². The molecule has 0 aliphatic carbocycles. The fraction of sp³-hybridized carbons (Fsp3) is 0. The van der Waals surface area contributed by atoms with Crippen LogP contribution in [0.2, 0.25) is 0 Å². The third-order valence-electron chi connectivity index (χ3n) is 3.55. The van der Waals surface area contributed by atoms with E-state index in [2.05, 4.69) is 31.3 Å². The highest BCUT2D eigenvalue weighted by molar-refractivity contribution is 7.85. The van der Waals surface area contributed by atoms with Crippen LogP contribution in [0.4, 0.5) is 5.82 Å². The number of nitrogens with zero attached hydrogens (tertiary/aromatic N) is 3. The zero-order chi connectivity index (χ0) is 20.7. The third-order valence-corrected chi connectivity index (χ3v) is 4.59. The van der Waals surface area contributed by atoms with Crippen LogP contribution in [0.3, 0.4) is 0 Å². The van der Waals surface area contributed by atoms with Crippen LogP contribution >= 0.6 is 12.2 Å². The molecule has 3 rings (SSSR count). The Morgan fingerprint density at radius 1 is 1.00 bits per heavy atom. The van der Waals surface area contributed by atoms with Gasteiger partial charge in [0.2, 0.25) is 5.11 Å². The first-order valence-electron chi connectivity index (χ1n) is 8.23. The Morgan fingerprint density at radius 3 is 2.41 bits per heavy atom. The number of benzene rings is 1. The number of hydrazine groups is 1. The molecular weight excluding hydrogens is 412 g/mol. The number of hydrogen-bond acceptors (Lipinski definition) is 7. The molecule has 9 nitrogen and oxygen atoms in total. The van der Waals surface area contributed by atoms with Crippen LogP contribution in [0.1, 0.15) is 11.3 Å². The van der Waals surface area contributed by atoms with E-state index in [4.69, 9.17) is 12.2 Å². The molecule has 29 heavy (non-hydrogen) atoms. The Hall–Kier alpha value is -3.41. The number of rotatable bonds is 6. The highest BCUT2D eigenvalue weighted by Crippen LogP contribution is 2.15. The molecule has 11 heteroatoms. The molecule has 0 amide bonds. The van der Waals surface area contributed by atoms with Gasteiger partial charge in [-0.1, -0.05) is 24.3 Å². The van der Waals surface area contributed by atoms with Gasteiger partial charge in [0.25, 0.3) is 10.1 Å². The summed E-state index contributed by atoms with van der Waals surface area (Å²) < 4.78 is 32.3. The van der Waals surface area contributed by atoms with Crippen LogP contribution in [0.15, 0.2) is 83.1 Å². The molecule has 0 fully saturated rings. The molecule has 0 aliphatic heterocycles. The zero-order valence-electron chi connectivity index (χ0n) is 14.9. The second-order valence-electron chi connectivity index (χ2n) is 5.58. The standard InChI is InChI=1S/C18H16N6O3S2/c25-29(26,27)14-7-5-6-13(12-14)17(15-8-1-3-10-19-15)22-24-18(28)23-21-16-9-2-4-11-20-16/h1-12H,(H,20,21)(H2,23,24,28)(H,25,26,27)/b22-17+. The van der Waals surface area contributed by atoms with Gasteiger partial charge >= 0.3 is 0 Å². The van der Waals surface area contributed by atoms with Crippen molar-refractivity contribution < 1.29 is 13.0 Å². The van der Waals surface area contributed by atoms with E-state index in [1.165, 1.54) is 18.2 Å². The van der Waals surface area contributed by atoms with Crippen molar-refractivity contribution in [3.8, 4) is 0 Å². The van der Waals surface area contributed by atoms with Crippen molar-refractivity contribution in [2.75, 3.05) is 5.43 Å². The van der Waals surface area contributed by atoms with Crippen molar-refractivity contribution in [3.05, 3.63) is 84.3 Å². The number of thiocarbonyl (C=S) groups is 1. The third kappa shape index (κ3) is 5.78. The highest BCUT2D eigenvalue weighted by atomic mass is 32.2. The van der Waals surface area contributed by atoms with Crippen molar-refractivity contribution >= 4 is 39.0 Å². The van der Waals surface area contributed by atoms with Crippen molar-refractivity contribution in [1.82, 2.24) is 20.8 Å². The fourth-order valence-corrected chi connectivity index (χ4v) is 2.89. The molecule has 0 saturated heterocycles. The number of hydrazone groups is 1. The first-order chi connectivity index (χ1) is 13.9. The molecule has 0 bridgehead atoms. The normalized spacial score (nSPS) is 11.6. The monoisotopic (exact) mass is 428 g/mol. The molecule has 0 saturated carbocycles. The molecule has 2 heterocycles. The Kier molecular flexibility index (Phi) is 6.44. The lowest BCUT2D eigenvalue weighted by molar-refractivity contribution is 0.483. The van der Waals surface area contributed by atoms with Crippen LogP contribution < -0.4 is 16.3 Å². The van der Waals surface area contributed by atoms with Gasteiger partial charge in [0.15, 0.2) is 0 Å². The second-order valence-corrected chi connectivity index (χ2v) is 7.41. The summed E-state index contributed by atoms with van der Waals surface area (Å²) in [5, 5.41) is 4.41. The quantitative estimate of drug-likeness (QED) is 0.202. The lowest BCUT2D eigenvalue weighted by Gasteiger charge is -2.11. The van der Waals surface area contributed by atoms with Crippen LogP contribution in [0.5, 0.6) is 0 Å². The number of pyridine rings is 2. The van der Waals surface area contributed by atoms with Crippen LogP contribution in [-0.2, 0) is 10.1 Å². The highest BCUT2D eigenvalue weighted by Gasteiger charge is 2.14. The van der Waals surface area contributed by atoms with E-state index in [-0.39, 0.29) is 10.0 Å². The lowest BCUT2D eigenvalue weighted by atomic mass is 10.1. The molecule has 0 radical (unpaired) electrons. The maximum absolute atomic E-state index is 11.5. The van der Waals surface area contributed by atoms with Gasteiger partial charge in [-0.25, -0.2) is 4.98 Å². The summed E-state index contributed by atoms with van der Waals surface area (Å²) in [4.78, 5) is 8.08. The van der Waals surface area contributed by atoms with E-state index in [1.54, 1.807) is 48.8 Å². The van der Waals surface area contributed by atoms with Crippen LogP contribution in [0.25, 0.3) is 0 Å². The minimum absolute atomic E-state index is 0.148. The Morgan fingerprint density at radius 2 is 1.76 bits per heavy atom. The summed E-state index contributed by atoms with van der Waals surface area (Å²) in [5.41, 5.74) is 9.46. The number of nitrogens with one attached hydrogen (secondary N) is 3. The molecule has 0 spiro atoms. The van der Waals surface area contributed by atoms with Gasteiger partial charge in [-0.3, -0.25) is 25.8 Å². The van der Waals surface area contributed by atoms with Gasteiger partial charge < -0.3 is 0 Å². The van der Waals surface area contributed by atoms with E-state index in [9.17, 15) is 13.0 Å². The summed E-state index contributed by atoms with van der Waals surface area (Å²) in [6.45, 7) is 0. The van der Waals surface area contributed by atoms with E-state index < -0.39 is 10.1 Å². The maximum Gasteiger partial charge on any atom is 0.294 e. The largest absolute Gasteiger partial charge is 0.294 e. The minimum atomic E-state index is -4.36. The average Bonchev–Trinajstić information content (AvgIpc) is 2.73. The van der Waals surface area contributed by atoms with Crippen LogP contribution in [0, 0.1) is 0 Å². The summed E-state index contributed by atoms with van der Waals surface area (Å²) in [7, 11) is -4.36. The van der Waals surface area contributed by atoms with Gasteiger partial charge in [0.1, 0.15) is 11.5 Å². The predicted molar refractivity (Wildman–Crippen MR) is 113 cm³/mol. The Balaban J connectivity index is 1.84. The van der Waals surface area contributed by atoms with E-state index in [0.29, 0.717) is 22.8 Å². The summed E-state index contributed by atoms with van der Waals surface area (Å²) >= 11 is 5.18. The van der Waals surface area contributed by atoms with Crippen molar-refractivity contribution in [2.24, 2.45) is 5.10 Å². The van der Waals surface area contributed by atoms with Crippen molar-refractivity contribution in [1.29, 1.82) is 0 Å². The summed E-state index contributed by atoms with van der Waals surface area (Å²) in [5.74, 6) is 0.562. The van der Waals surface area contributed by atoms with Crippen molar-refractivity contribution in [2.45, 2.75) is 4.90 Å². The van der Waals surface area contributed by atoms with E-state index >= 15 is 0 Å². The lowest BCUT2D eigenvalue weighted by Crippen LogP contribution is -2.37. The van der Waals surface area contributed by atoms with Gasteiger partial charge in [0.05, 0.1) is 10.6 Å². The Labute approximate surface area is 172 Å². The number of hydrogen-bond donors (Lipinski definition) is 4. The van der Waals surface area contributed by atoms with Gasteiger partial charge in [-0.2, -0.15) is 13.5 Å². The molecule has 3 aromatic rings. The molecule has 0 atom stereocenters. The molecule has 1 aromatic carbocycles. The molecule has 2 aromatic heterocycles. The molecular formula is C18H16N6O3S2. The number of aromatic nitrogens is 2. The summed E-state index contributed by atoms with van der Waals surface area (Å²) in [6, 6.07) is 16.3. The molecule has 148 valence electrons. The zero-order valence-corrected chi connectivity index (χ0v) is 16.5. The average molecular weight is 428 g/mol. The SMILES string of the molecule is O=S(=O)(O)c1cccc(/C(=N\NC(=S)NNc2ccccn2)c2ccccn2)c1. The van der Waals surface area contributed by atoms with Crippen molar-refractivity contribution in [3.63, 3.8) is 0 Å². The smallest absolute Gasteiger partial charge is 0.282 e. The number of anilines is 1. The first-order valence-corrected chi connectivity index (χ1v) is 10.1. The summed E-state index contributed by atoms with van der Waals surface area (Å²) in [6.07, 6.45) is 3.21. The first kappa shape index (κ1) is 20.3. The molecule has 0 unspecified atom stereocenters. The maximum atomic E-state index is 11.5. The fourth-order valence-electron chi connectivity index (χ4n) is 2.27. The van der Waals surface area contributed by atoms with E-state index in [0.717, 1.165) is 0 Å².